The Hall–Kier alpha value is -2.25. The van der Waals surface area contributed by atoms with Crippen molar-refractivity contribution < 1.29 is 9.47 Å². The summed E-state index contributed by atoms with van der Waals surface area (Å²) < 4.78 is 10.1. The average Bonchev–Trinajstić information content (AvgIpc) is 2.89. The summed E-state index contributed by atoms with van der Waals surface area (Å²) in [4.78, 5) is 8.80. The minimum absolute atomic E-state index is 0.483. The fourth-order valence-electron chi connectivity index (χ4n) is 2.43. The molecule has 0 saturated carbocycles. The van der Waals surface area contributed by atoms with E-state index in [0.29, 0.717) is 19.0 Å². The summed E-state index contributed by atoms with van der Waals surface area (Å²) in [6, 6.07) is 3.66. The highest BCUT2D eigenvalue weighted by Crippen LogP contribution is 2.29. The maximum atomic E-state index is 6.44. The molecule has 2 aliphatic heterocycles. The second-order valence-corrected chi connectivity index (χ2v) is 5.21. The number of nitrogens with zero attached hydrogens (tertiary/aromatic N) is 4. The highest BCUT2D eigenvalue weighted by Gasteiger charge is 2.38. The number of aromatic nitrogens is 1. The number of rotatable bonds is 5. The molecule has 2 N–H and O–H groups in total. The number of methoxy groups -OCH3 is 2. The van der Waals surface area contributed by atoms with Gasteiger partial charge in [0, 0.05) is 31.4 Å². The van der Waals surface area contributed by atoms with Gasteiger partial charge in [0.25, 0.3) is 0 Å². The molecule has 1 aromatic heterocycles. The van der Waals surface area contributed by atoms with Gasteiger partial charge in [0.05, 0.1) is 26.0 Å². The van der Waals surface area contributed by atoms with E-state index in [9.17, 15) is 0 Å². The molecule has 2 aliphatic rings. The first-order chi connectivity index (χ1) is 10.6. The minimum Gasteiger partial charge on any atom is -0.481 e. The number of ether oxygens (including phenoxy) is 2. The van der Waals surface area contributed by atoms with Gasteiger partial charge in [0.15, 0.2) is 5.66 Å². The molecule has 1 unspecified atom stereocenters. The van der Waals surface area contributed by atoms with E-state index < -0.39 is 5.66 Å². The number of hydrogen-bond acceptors (Lipinski definition) is 7. The molecule has 0 spiro atoms. The van der Waals surface area contributed by atoms with Crippen molar-refractivity contribution in [2.45, 2.75) is 12.1 Å². The van der Waals surface area contributed by atoms with Crippen molar-refractivity contribution in [3.63, 3.8) is 0 Å². The van der Waals surface area contributed by atoms with Crippen LogP contribution in [0.1, 0.15) is 12.0 Å². The van der Waals surface area contributed by atoms with Crippen molar-refractivity contribution in [3.05, 3.63) is 36.0 Å². The number of fused-ring (bicyclic) bond motifs is 1. The molecule has 0 aliphatic carbocycles. The van der Waals surface area contributed by atoms with Gasteiger partial charge in [-0.2, -0.15) is 5.10 Å². The number of allylic oxidation sites excluding steroid dienone is 1. The zero-order valence-electron chi connectivity index (χ0n) is 12.7. The fourth-order valence-corrected chi connectivity index (χ4v) is 2.43. The van der Waals surface area contributed by atoms with E-state index in [-0.39, 0.29) is 0 Å². The highest BCUT2D eigenvalue weighted by atomic mass is 16.5. The monoisotopic (exact) mass is 301 g/mol. The Morgan fingerprint density at radius 3 is 2.86 bits per heavy atom. The normalized spacial score (nSPS) is 23.1. The second kappa shape index (κ2) is 5.86. The van der Waals surface area contributed by atoms with Crippen LogP contribution >= 0.6 is 0 Å². The first-order valence-electron chi connectivity index (χ1n) is 7.06. The summed E-state index contributed by atoms with van der Waals surface area (Å²) in [5.74, 6) is 1.31. The van der Waals surface area contributed by atoms with Gasteiger partial charge in [0.2, 0.25) is 5.88 Å². The SMILES string of the molecule is COCCC1=NN2CC(N)(c3ccc(OC)nc3)N=C2C=C1. The summed E-state index contributed by atoms with van der Waals surface area (Å²) in [5.41, 5.74) is 7.38. The lowest BCUT2D eigenvalue weighted by molar-refractivity contribution is 0.207. The summed E-state index contributed by atoms with van der Waals surface area (Å²) in [5, 5.41) is 6.39. The predicted molar refractivity (Wildman–Crippen MR) is 83.9 cm³/mol. The Balaban J connectivity index is 1.80. The van der Waals surface area contributed by atoms with E-state index in [1.165, 1.54) is 0 Å². The number of nitrogens with two attached hydrogens (primary N) is 1. The molecule has 22 heavy (non-hydrogen) atoms. The van der Waals surface area contributed by atoms with E-state index in [4.69, 9.17) is 15.2 Å². The second-order valence-electron chi connectivity index (χ2n) is 5.21. The molecular formula is C15H19N5O2. The van der Waals surface area contributed by atoms with Gasteiger partial charge in [-0.3, -0.25) is 0 Å². The molecule has 7 nitrogen and oxygen atoms in total. The van der Waals surface area contributed by atoms with Gasteiger partial charge in [0.1, 0.15) is 5.84 Å². The van der Waals surface area contributed by atoms with Crippen molar-refractivity contribution in [2.24, 2.45) is 15.8 Å². The highest BCUT2D eigenvalue weighted by molar-refractivity contribution is 6.06. The van der Waals surface area contributed by atoms with E-state index in [1.807, 2.05) is 23.2 Å². The van der Waals surface area contributed by atoms with E-state index in [0.717, 1.165) is 23.5 Å². The molecule has 0 amide bonds. The van der Waals surface area contributed by atoms with Crippen molar-refractivity contribution in [1.29, 1.82) is 0 Å². The Morgan fingerprint density at radius 2 is 2.18 bits per heavy atom. The third-order valence-corrected chi connectivity index (χ3v) is 3.65. The Bertz CT molecular complexity index is 638. The van der Waals surface area contributed by atoms with E-state index in [2.05, 4.69) is 15.1 Å². The van der Waals surface area contributed by atoms with Crippen LogP contribution in [0.4, 0.5) is 0 Å². The van der Waals surface area contributed by atoms with Crippen molar-refractivity contribution >= 4 is 11.5 Å². The standard InChI is InChI=1S/C15H19N5O2/c1-21-8-7-12-4-5-13-18-15(16,10-20(13)19-12)11-3-6-14(22-2)17-9-11/h3-6,9H,7-8,10,16H2,1-2H3. The van der Waals surface area contributed by atoms with Crippen LogP contribution in [0.2, 0.25) is 0 Å². The van der Waals surface area contributed by atoms with Crippen LogP contribution in [0.5, 0.6) is 5.88 Å². The Labute approximate surface area is 129 Å². The minimum atomic E-state index is -0.848. The van der Waals surface area contributed by atoms with Gasteiger partial charge < -0.3 is 15.2 Å². The van der Waals surface area contributed by atoms with Gasteiger partial charge in [-0.1, -0.05) is 0 Å². The van der Waals surface area contributed by atoms with Crippen LogP contribution in [-0.2, 0) is 10.4 Å². The first kappa shape index (κ1) is 14.7. The number of amidine groups is 1. The van der Waals surface area contributed by atoms with Gasteiger partial charge in [-0.15, -0.1) is 0 Å². The summed E-state index contributed by atoms with van der Waals surface area (Å²) in [6.07, 6.45) is 6.34. The molecule has 0 bridgehead atoms. The zero-order valence-corrected chi connectivity index (χ0v) is 12.7. The van der Waals surface area contributed by atoms with Crippen LogP contribution in [0.25, 0.3) is 0 Å². The summed E-state index contributed by atoms with van der Waals surface area (Å²) >= 11 is 0. The van der Waals surface area contributed by atoms with Crippen LogP contribution in [0, 0.1) is 0 Å². The number of pyridine rings is 1. The molecular weight excluding hydrogens is 282 g/mol. The smallest absolute Gasteiger partial charge is 0.212 e. The van der Waals surface area contributed by atoms with E-state index >= 15 is 0 Å². The summed E-state index contributed by atoms with van der Waals surface area (Å²) in [6.45, 7) is 1.12. The molecule has 7 heteroatoms. The van der Waals surface area contributed by atoms with Gasteiger partial charge >= 0.3 is 0 Å². The average molecular weight is 301 g/mol. The quantitative estimate of drug-likeness (QED) is 0.872. The topological polar surface area (TPSA) is 85.3 Å². The van der Waals surface area contributed by atoms with Crippen LogP contribution in [0.15, 0.2) is 40.6 Å². The van der Waals surface area contributed by atoms with Gasteiger partial charge in [-0.25, -0.2) is 15.0 Å². The van der Waals surface area contributed by atoms with Gasteiger partial charge in [-0.05, 0) is 18.2 Å². The third-order valence-electron chi connectivity index (χ3n) is 3.65. The molecule has 0 fully saturated rings. The fraction of sp³-hybridized carbons (Fsp3) is 0.400. The molecule has 3 heterocycles. The molecule has 0 aromatic carbocycles. The molecule has 1 atom stereocenters. The van der Waals surface area contributed by atoms with Crippen molar-refractivity contribution in [3.8, 4) is 5.88 Å². The first-order valence-corrected chi connectivity index (χ1v) is 7.06. The molecule has 0 radical (unpaired) electrons. The Morgan fingerprint density at radius 1 is 1.32 bits per heavy atom. The van der Waals surface area contributed by atoms with Crippen molar-refractivity contribution in [1.82, 2.24) is 9.99 Å². The molecule has 1 aromatic rings. The van der Waals surface area contributed by atoms with Crippen molar-refractivity contribution in [2.75, 3.05) is 27.4 Å². The maximum Gasteiger partial charge on any atom is 0.212 e. The van der Waals surface area contributed by atoms with Crippen LogP contribution in [-0.4, -0.2) is 48.9 Å². The number of aliphatic imine (C=N–C) groups is 1. The van der Waals surface area contributed by atoms with E-state index in [1.54, 1.807) is 26.5 Å². The lowest BCUT2D eigenvalue weighted by atomic mass is 10.0. The molecule has 116 valence electrons. The largest absolute Gasteiger partial charge is 0.481 e. The number of hydrogen-bond donors (Lipinski definition) is 1. The molecule has 0 saturated heterocycles. The predicted octanol–water partition coefficient (Wildman–Crippen LogP) is 0.878. The Kier molecular flexibility index (Phi) is 3.91. The third kappa shape index (κ3) is 2.72. The summed E-state index contributed by atoms with van der Waals surface area (Å²) in [7, 11) is 3.26. The van der Waals surface area contributed by atoms with Crippen LogP contribution in [0.3, 0.4) is 0 Å². The maximum absolute atomic E-state index is 6.44. The number of hydrazone groups is 1. The lowest BCUT2D eigenvalue weighted by Crippen LogP contribution is -2.40. The van der Waals surface area contributed by atoms with Crippen LogP contribution < -0.4 is 10.5 Å². The lowest BCUT2D eigenvalue weighted by Gasteiger charge is -2.23. The molecule has 3 rings (SSSR count). The zero-order chi connectivity index (χ0) is 15.6.